The van der Waals surface area contributed by atoms with Crippen LogP contribution in [0.25, 0.3) is 0 Å². The average molecular weight is 206 g/mol. The number of aromatic nitrogens is 2. The molecule has 4 nitrogen and oxygen atoms in total. The molecule has 0 saturated heterocycles. The Balaban J connectivity index is 2.03. The van der Waals surface area contributed by atoms with Crippen LogP contribution in [0.2, 0.25) is 0 Å². The fraction of sp³-hybridized carbons (Fsp3) is 0.727. The second kappa shape index (κ2) is 3.32. The largest absolute Gasteiger partial charge is 0.325 e. The number of hydrogen-bond donors (Lipinski definition) is 1. The van der Waals surface area contributed by atoms with Gasteiger partial charge >= 0.3 is 0 Å². The highest BCUT2D eigenvalue weighted by molar-refractivity contribution is 5.29. The maximum atomic E-state index is 5.85. The van der Waals surface area contributed by atoms with Gasteiger partial charge in [-0.25, -0.2) is 0 Å². The first-order chi connectivity index (χ1) is 7.29. The lowest BCUT2D eigenvalue weighted by atomic mass is 10.1. The molecule has 1 saturated carbocycles. The Morgan fingerprint density at radius 3 is 2.93 bits per heavy atom. The van der Waals surface area contributed by atoms with Gasteiger partial charge in [0.2, 0.25) is 0 Å². The molecule has 0 spiro atoms. The molecule has 0 amide bonds. The van der Waals surface area contributed by atoms with E-state index in [0.717, 1.165) is 19.5 Å². The molecule has 2 heterocycles. The van der Waals surface area contributed by atoms with Gasteiger partial charge in [-0.1, -0.05) is 0 Å². The van der Waals surface area contributed by atoms with Crippen molar-refractivity contribution in [2.45, 2.75) is 38.4 Å². The van der Waals surface area contributed by atoms with Crippen molar-refractivity contribution in [1.29, 1.82) is 0 Å². The van der Waals surface area contributed by atoms with E-state index < -0.39 is 0 Å². The van der Waals surface area contributed by atoms with Crippen LogP contribution in [0.15, 0.2) is 0 Å². The number of fused-ring (bicyclic) bond motifs is 1. The fourth-order valence-corrected chi connectivity index (χ4v) is 2.42. The first kappa shape index (κ1) is 9.36. The van der Waals surface area contributed by atoms with Crippen molar-refractivity contribution < 1.29 is 0 Å². The fourth-order valence-electron chi connectivity index (χ4n) is 2.42. The summed E-state index contributed by atoms with van der Waals surface area (Å²) in [6.07, 6.45) is 3.64. The molecular formula is C11H18N4. The smallest absolute Gasteiger partial charge is 0.0685 e. The summed E-state index contributed by atoms with van der Waals surface area (Å²) < 4.78 is 2.20. The Morgan fingerprint density at radius 1 is 1.47 bits per heavy atom. The maximum absolute atomic E-state index is 5.85. The number of nitrogens with two attached hydrogens (primary N) is 1. The van der Waals surface area contributed by atoms with Gasteiger partial charge in [0, 0.05) is 31.6 Å². The van der Waals surface area contributed by atoms with Crippen molar-refractivity contribution in [3.63, 3.8) is 0 Å². The Labute approximate surface area is 90.0 Å². The summed E-state index contributed by atoms with van der Waals surface area (Å²) in [4.78, 5) is 2.35. The zero-order valence-corrected chi connectivity index (χ0v) is 9.24. The number of hydrogen-bond acceptors (Lipinski definition) is 3. The zero-order valence-electron chi connectivity index (χ0n) is 9.24. The monoisotopic (exact) mass is 206 g/mol. The molecule has 82 valence electrons. The molecule has 0 radical (unpaired) electrons. The quantitative estimate of drug-likeness (QED) is 0.773. The minimum Gasteiger partial charge on any atom is -0.325 e. The molecule has 4 heteroatoms. The summed E-state index contributed by atoms with van der Waals surface area (Å²) in [5.41, 5.74) is 9.82. The van der Waals surface area contributed by atoms with Crippen LogP contribution < -0.4 is 5.73 Å². The van der Waals surface area contributed by atoms with Gasteiger partial charge in [0.15, 0.2) is 0 Å². The van der Waals surface area contributed by atoms with Crippen molar-refractivity contribution in [2.24, 2.45) is 5.73 Å². The predicted octanol–water partition coefficient (Wildman–Crippen LogP) is 0.665. The summed E-state index contributed by atoms with van der Waals surface area (Å²) in [6, 6.07) is 0.652. The summed E-state index contributed by atoms with van der Waals surface area (Å²) in [5, 5.41) is 4.73. The van der Waals surface area contributed by atoms with Crippen LogP contribution in [-0.4, -0.2) is 28.3 Å². The van der Waals surface area contributed by atoms with Crippen LogP contribution in [0.3, 0.4) is 0 Å². The molecule has 0 aromatic carbocycles. The van der Waals surface area contributed by atoms with E-state index >= 15 is 0 Å². The zero-order chi connectivity index (χ0) is 10.4. The van der Waals surface area contributed by atoms with E-state index in [9.17, 15) is 0 Å². The average Bonchev–Trinajstić information content (AvgIpc) is 3.00. The van der Waals surface area contributed by atoms with Crippen molar-refractivity contribution in [3.8, 4) is 0 Å². The lowest BCUT2D eigenvalue weighted by Crippen LogP contribution is -2.26. The Hall–Kier alpha value is -0.870. The highest BCUT2D eigenvalue weighted by Crippen LogP contribution is 2.37. The maximum Gasteiger partial charge on any atom is 0.0685 e. The highest BCUT2D eigenvalue weighted by Gasteiger charge is 2.30. The predicted molar refractivity (Wildman–Crippen MR) is 58.4 cm³/mol. The van der Waals surface area contributed by atoms with Gasteiger partial charge < -0.3 is 10.6 Å². The van der Waals surface area contributed by atoms with Crippen LogP contribution in [0.5, 0.6) is 0 Å². The topological polar surface area (TPSA) is 47.1 Å². The SMILES string of the molecule is CN1CCc2nn(C3CC3)c(CN)c2C1. The van der Waals surface area contributed by atoms with Crippen molar-refractivity contribution in [1.82, 2.24) is 14.7 Å². The third-order valence-corrected chi connectivity index (χ3v) is 3.45. The second-order valence-electron chi connectivity index (χ2n) is 4.74. The molecule has 2 N–H and O–H groups in total. The minimum absolute atomic E-state index is 0.632. The number of likely N-dealkylation sites (N-methyl/N-ethyl adjacent to an activating group) is 1. The van der Waals surface area contributed by atoms with Gasteiger partial charge in [0.25, 0.3) is 0 Å². The lowest BCUT2D eigenvalue weighted by molar-refractivity contribution is 0.310. The summed E-state index contributed by atoms with van der Waals surface area (Å²) >= 11 is 0. The van der Waals surface area contributed by atoms with Crippen LogP contribution in [-0.2, 0) is 19.5 Å². The van der Waals surface area contributed by atoms with Crippen molar-refractivity contribution in [3.05, 3.63) is 17.0 Å². The molecule has 0 unspecified atom stereocenters. The Morgan fingerprint density at radius 2 is 2.27 bits per heavy atom. The van der Waals surface area contributed by atoms with Crippen molar-refractivity contribution >= 4 is 0 Å². The number of rotatable bonds is 2. The third kappa shape index (κ3) is 1.48. The van der Waals surface area contributed by atoms with Crippen LogP contribution in [0, 0.1) is 0 Å². The van der Waals surface area contributed by atoms with Gasteiger partial charge in [-0.05, 0) is 19.9 Å². The van der Waals surface area contributed by atoms with Crippen LogP contribution >= 0.6 is 0 Å². The van der Waals surface area contributed by atoms with Crippen molar-refractivity contribution in [2.75, 3.05) is 13.6 Å². The molecule has 1 aliphatic heterocycles. The Kier molecular flexibility index (Phi) is 2.07. The Bertz CT molecular complexity index is 378. The molecule has 3 rings (SSSR count). The van der Waals surface area contributed by atoms with E-state index in [1.165, 1.54) is 29.8 Å². The van der Waals surface area contributed by atoms with E-state index in [-0.39, 0.29) is 0 Å². The highest BCUT2D eigenvalue weighted by atomic mass is 15.3. The van der Waals surface area contributed by atoms with E-state index in [2.05, 4.69) is 16.6 Å². The first-order valence-electron chi connectivity index (χ1n) is 5.77. The molecule has 1 aliphatic carbocycles. The summed E-state index contributed by atoms with van der Waals surface area (Å²) in [6.45, 7) is 2.78. The molecule has 1 fully saturated rings. The van der Waals surface area contributed by atoms with Gasteiger partial charge in [-0.3, -0.25) is 4.68 Å². The molecule has 1 aromatic heterocycles. The lowest BCUT2D eigenvalue weighted by Gasteiger charge is -2.21. The number of nitrogens with zero attached hydrogens (tertiary/aromatic N) is 3. The molecule has 0 atom stereocenters. The molecular weight excluding hydrogens is 188 g/mol. The summed E-state index contributed by atoms with van der Waals surface area (Å²) in [5.74, 6) is 0. The first-order valence-corrected chi connectivity index (χ1v) is 5.77. The normalized spacial score (nSPS) is 21.7. The van der Waals surface area contributed by atoms with Crippen LogP contribution in [0.4, 0.5) is 0 Å². The van der Waals surface area contributed by atoms with Gasteiger partial charge in [0.1, 0.15) is 0 Å². The molecule has 2 aliphatic rings. The van der Waals surface area contributed by atoms with E-state index in [1.54, 1.807) is 0 Å². The summed E-state index contributed by atoms with van der Waals surface area (Å²) in [7, 11) is 2.16. The van der Waals surface area contributed by atoms with Gasteiger partial charge in [-0.15, -0.1) is 0 Å². The van der Waals surface area contributed by atoms with Crippen LogP contribution in [0.1, 0.15) is 35.8 Å². The second-order valence-corrected chi connectivity index (χ2v) is 4.74. The standard InChI is InChI=1S/C11H18N4/c1-14-5-4-10-9(7-14)11(6-12)15(13-10)8-2-3-8/h8H,2-7,12H2,1H3. The van der Waals surface area contributed by atoms with Gasteiger partial charge in [-0.2, -0.15) is 5.10 Å². The molecule has 0 bridgehead atoms. The van der Waals surface area contributed by atoms with Gasteiger partial charge in [0.05, 0.1) is 17.4 Å². The third-order valence-electron chi connectivity index (χ3n) is 3.45. The molecule has 15 heavy (non-hydrogen) atoms. The van der Waals surface area contributed by atoms with E-state index in [0.29, 0.717) is 12.6 Å². The minimum atomic E-state index is 0.632. The van der Waals surface area contributed by atoms with E-state index in [1.807, 2.05) is 0 Å². The molecule has 1 aromatic rings. The van der Waals surface area contributed by atoms with E-state index in [4.69, 9.17) is 10.8 Å².